The molecule has 5 nitrogen and oxygen atoms in total. The third-order valence-electron chi connectivity index (χ3n) is 11.8. The molecule has 0 aliphatic heterocycles. The zero-order valence-electron chi connectivity index (χ0n) is 33.4. The van der Waals surface area contributed by atoms with Gasteiger partial charge in [0.15, 0.2) is 17.5 Å². The maximum atomic E-state index is 6.38. The van der Waals surface area contributed by atoms with Crippen molar-refractivity contribution >= 4 is 43.9 Å². The van der Waals surface area contributed by atoms with E-state index in [1.165, 1.54) is 5.56 Å². The van der Waals surface area contributed by atoms with E-state index in [0.717, 1.165) is 99.5 Å². The van der Waals surface area contributed by atoms with Crippen molar-refractivity contribution in [3.63, 3.8) is 0 Å². The number of fused-ring (bicyclic) bond motifs is 6. The topological polar surface area (TPSA) is 65.0 Å². The summed E-state index contributed by atoms with van der Waals surface area (Å²) in [6.07, 6.45) is 0. The van der Waals surface area contributed by atoms with Crippen LogP contribution in [0.5, 0.6) is 0 Å². The molecule has 62 heavy (non-hydrogen) atoms. The molecule has 0 amide bonds. The number of benzene rings is 9. The van der Waals surface area contributed by atoms with Gasteiger partial charge in [0, 0.05) is 38.2 Å². The Hall–Kier alpha value is -8.41. The van der Waals surface area contributed by atoms with Crippen molar-refractivity contribution in [2.75, 3.05) is 0 Å². The average molecular weight is 794 g/mol. The molecule has 0 unspecified atom stereocenters. The number of para-hydroxylation sites is 1. The Morgan fingerprint density at radius 1 is 0.242 bits per heavy atom. The van der Waals surface area contributed by atoms with Crippen LogP contribution >= 0.6 is 0 Å². The van der Waals surface area contributed by atoms with Crippen molar-refractivity contribution in [2.45, 2.75) is 0 Å². The highest BCUT2D eigenvalue weighted by Gasteiger charge is 2.17. The average Bonchev–Trinajstić information content (AvgIpc) is 3.93. The Balaban J connectivity index is 0.913. The second kappa shape index (κ2) is 14.7. The van der Waals surface area contributed by atoms with Crippen LogP contribution in [0, 0.1) is 0 Å². The largest absolute Gasteiger partial charge is 0.456 e. The van der Waals surface area contributed by atoms with Crippen molar-refractivity contribution in [1.82, 2.24) is 15.0 Å². The van der Waals surface area contributed by atoms with Crippen LogP contribution in [-0.2, 0) is 0 Å². The van der Waals surface area contributed by atoms with E-state index in [2.05, 4.69) is 152 Å². The quantitative estimate of drug-likeness (QED) is 0.161. The van der Waals surface area contributed by atoms with Gasteiger partial charge in [0.1, 0.15) is 22.3 Å². The summed E-state index contributed by atoms with van der Waals surface area (Å²) in [5, 5.41) is 4.41. The van der Waals surface area contributed by atoms with E-state index < -0.39 is 0 Å². The van der Waals surface area contributed by atoms with Crippen molar-refractivity contribution in [1.29, 1.82) is 0 Å². The number of furan rings is 2. The van der Waals surface area contributed by atoms with Crippen LogP contribution in [0.25, 0.3) is 123 Å². The minimum absolute atomic E-state index is 0.605. The first-order valence-corrected chi connectivity index (χ1v) is 20.7. The molecule has 0 aliphatic carbocycles. The first-order chi connectivity index (χ1) is 30.7. The summed E-state index contributed by atoms with van der Waals surface area (Å²) < 4.78 is 12.6. The van der Waals surface area contributed by atoms with Gasteiger partial charge >= 0.3 is 0 Å². The Kier molecular flexibility index (Phi) is 8.42. The number of nitrogens with zero attached hydrogens (tertiary/aromatic N) is 3. The standard InChI is InChI=1S/C57H35N3O2/c1-3-13-36(14-4-1)41-31-32-50-48(35-41)54-46(23-12-26-52(54)62-50)42-18-9-17-40(33-42)37-27-29-39(30-28-37)56-58-55(38-15-5-2-6-16-38)59-57(60-56)44-20-10-19-43(34-44)45-22-11-25-51-53(45)47-21-7-8-24-49(47)61-51/h1-35H. The molecule has 0 atom stereocenters. The Labute approximate surface area is 357 Å². The molecule has 0 N–H and O–H groups in total. The van der Waals surface area contributed by atoms with Gasteiger partial charge in [0.05, 0.1) is 0 Å². The number of hydrogen-bond donors (Lipinski definition) is 0. The van der Waals surface area contributed by atoms with Gasteiger partial charge in [-0.1, -0.05) is 170 Å². The monoisotopic (exact) mass is 793 g/mol. The van der Waals surface area contributed by atoms with Crippen LogP contribution in [0.2, 0.25) is 0 Å². The third kappa shape index (κ3) is 6.23. The van der Waals surface area contributed by atoms with E-state index in [1.807, 2.05) is 60.7 Å². The minimum Gasteiger partial charge on any atom is -0.456 e. The predicted molar refractivity (Wildman–Crippen MR) is 252 cm³/mol. The van der Waals surface area contributed by atoms with Crippen molar-refractivity contribution < 1.29 is 8.83 Å². The summed E-state index contributed by atoms with van der Waals surface area (Å²) in [4.78, 5) is 15.2. The van der Waals surface area contributed by atoms with Gasteiger partial charge in [-0.3, -0.25) is 0 Å². The van der Waals surface area contributed by atoms with E-state index in [9.17, 15) is 0 Å². The fourth-order valence-electron chi connectivity index (χ4n) is 8.75. The van der Waals surface area contributed by atoms with Crippen LogP contribution in [0.3, 0.4) is 0 Å². The molecule has 0 saturated carbocycles. The maximum Gasteiger partial charge on any atom is 0.164 e. The minimum atomic E-state index is 0.605. The molecule has 3 heterocycles. The Bertz CT molecular complexity index is 3630. The van der Waals surface area contributed by atoms with Crippen LogP contribution < -0.4 is 0 Å². The summed E-state index contributed by atoms with van der Waals surface area (Å²) in [5.41, 5.74) is 15.2. The lowest BCUT2D eigenvalue weighted by Gasteiger charge is -2.11. The van der Waals surface area contributed by atoms with Gasteiger partial charge in [-0.15, -0.1) is 0 Å². The fraction of sp³-hybridized carbons (Fsp3) is 0. The number of aromatic nitrogens is 3. The smallest absolute Gasteiger partial charge is 0.164 e. The maximum absolute atomic E-state index is 6.38. The highest BCUT2D eigenvalue weighted by atomic mass is 16.3. The molecule has 0 spiro atoms. The van der Waals surface area contributed by atoms with Crippen LogP contribution in [0.1, 0.15) is 0 Å². The molecule has 3 aromatic heterocycles. The molecule has 0 radical (unpaired) electrons. The fourth-order valence-corrected chi connectivity index (χ4v) is 8.75. The molecule has 5 heteroatoms. The lowest BCUT2D eigenvalue weighted by atomic mass is 9.95. The van der Waals surface area contributed by atoms with Gasteiger partial charge in [0.2, 0.25) is 0 Å². The van der Waals surface area contributed by atoms with Gasteiger partial charge < -0.3 is 8.83 Å². The van der Waals surface area contributed by atoms with Crippen LogP contribution in [0.4, 0.5) is 0 Å². The second-order valence-electron chi connectivity index (χ2n) is 15.5. The van der Waals surface area contributed by atoms with Gasteiger partial charge in [0.25, 0.3) is 0 Å². The summed E-state index contributed by atoms with van der Waals surface area (Å²) in [6, 6.07) is 73.4. The molecule has 9 aromatic carbocycles. The SMILES string of the molecule is c1ccc(-c2ccc3oc4cccc(-c5cccc(-c6ccc(-c7nc(-c8ccccc8)nc(-c8cccc(-c9cccc%10oc%11ccccc%11c9%10)c8)n7)cc6)c5)c4c3c2)cc1. The normalized spacial score (nSPS) is 11.5. The molecular weight excluding hydrogens is 759 g/mol. The van der Waals surface area contributed by atoms with E-state index >= 15 is 0 Å². The zero-order chi connectivity index (χ0) is 41.0. The van der Waals surface area contributed by atoms with E-state index in [1.54, 1.807) is 0 Å². The summed E-state index contributed by atoms with van der Waals surface area (Å²) >= 11 is 0. The first kappa shape index (κ1) is 35.5. The van der Waals surface area contributed by atoms with E-state index in [0.29, 0.717) is 17.5 Å². The second-order valence-corrected chi connectivity index (χ2v) is 15.5. The van der Waals surface area contributed by atoms with Gasteiger partial charge in [-0.05, 0) is 87.0 Å². The van der Waals surface area contributed by atoms with Crippen LogP contribution in [0.15, 0.2) is 221 Å². The first-order valence-electron chi connectivity index (χ1n) is 20.7. The van der Waals surface area contributed by atoms with Crippen molar-refractivity contribution in [2.24, 2.45) is 0 Å². The lowest BCUT2D eigenvalue weighted by molar-refractivity contribution is 0.668. The summed E-state index contributed by atoms with van der Waals surface area (Å²) in [5.74, 6) is 1.83. The zero-order valence-corrected chi connectivity index (χ0v) is 33.4. The van der Waals surface area contributed by atoms with Gasteiger partial charge in [-0.2, -0.15) is 0 Å². The molecule has 12 aromatic rings. The molecule has 290 valence electrons. The van der Waals surface area contributed by atoms with Crippen molar-refractivity contribution in [3.8, 4) is 78.7 Å². The number of hydrogen-bond acceptors (Lipinski definition) is 5. The van der Waals surface area contributed by atoms with Crippen molar-refractivity contribution in [3.05, 3.63) is 212 Å². The molecule has 12 rings (SSSR count). The molecular formula is C57H35N3O2. The third-order valence-corrected chi connectivity index (χ3v) is 11.8. The Morgan fingerprint density at radius 2 is 0.645 bits per heavy atom. The number of rotatable bonds is 7. The Morgan fingerprint density at radius 3 is 1.32 bits per heavy atom. The predicted octanol–water partition coefficient (Wildman–Crippen LogP) is 15.3. The van der Waals surface area contributed by atoms with Gasteiger partial charge in [-0.25, -0.2) is 15.0 Å². The van der Waals surface area contributed by atoms with E-state index in [4.69, 9.17) is 23.8 Å². The molecule has 0 saturated heterocycles. The molecule has 0 bridgehead atoms. The highest BCUT2D eigenvalue weighted by Crippen LogP contribution is 2.41. The molecule has 0 aliphatic rings. The lowest BCUT2D eigenvalue weighted by Crippen LogP contribution is -2.00. The van der Waals surface area contributed by atoms with E-state index in [-0.39, 0.29) is 0 Å². The highest BCUT2D eigenvalue weighted by molar-refractivity contribution is 6.14. The van der Waals surface area contributed by atoms with Crippen LogP contribution in [-0.4, -0.2) is 15.0 Å². The molecule has 0 fully saturated rings. The summed E-state index contributed by atoms with van der Waals surface area (Å²) in [6.45, 7) is 0. The summed E-state index contributed by atoms with van der Waals surface area (Å²) in [7, 11) is 0.